The van der Waals surface area contributed by atoms with Crippen LogP contribution < -0.4 is 10.2 Å². The van der Waals surface area contributed by atoms with E-state index in [0.717, 1.165) is 4.90 Å². The Kier molecular flexibility index (Phi) is 5.99. The minimum Gasteiger partial charge on any atom is -0.459 e. The highest BCUT2D eigenvalue weighted by molar-refractivity contribution is 7.80. The zero-order chi connectivity index (χ0) is 22.1. The van der Waals surface area contributed by atoms with Crippen LogP contribution in [-0.4, -0.2) is 58.8 Å². The second kappa shape index (κ2) is 8.70. The van der Waals surface area contributed by atoms with Crippen molar-refractivity contribution in [1.29, 1.82) is 0 Å². The van der Waals surface area contributed by atoms with E-state index >= 15 is 0 Å². The van der Waals surface area contributed by atoms with Crippen molar-refractivity contribution in [1.82, 2.24) is 15.1 Å². The molecule has 0 bridgehead atoms. The second-order valence-corrected chi connectivity index (χ2v) is 7.99. The molecule has 0 spiro atoms. The molecular weight excluding hydrogens is 463 g/mol. The average molecular weight is 479 g/mol. The zero-order valence-electron chi connectivity index (χ0n) is 16.0. The van der Waals surface area contributed by atoms with Crippen molar-refractivity contribution >= 4 is 63.9 Å². The molecule has 0 radical (unpaired) electrons. The summed E-state index contributed by atoms with van der Waals surface area (Å²) in [6.45, 7) is 1.72. The fourth-order valence-corrected chi connectivity index (χ4v) is 3.97. The molecule has 2 aromatic rings. The number of anilines is 1. The van der Waals surface area contributed by atoms with Gasteiger partial charge in [-0.15, -0.1) is 0 Å². The van der Waals surface area contributed by atoms with Crippen LogP contribution in [0.2, 0.25) is 10.0 Å². The van der Waals surface area contributed by atoms with E-state index in [1.165, 1.54) is 12.5 Å². The van der Waals surface area contributed by atoms with Gasteiger partial charge in [0.2, 0.25) is 0 Å². The number of carbonyl (C=O) groups excluding carboxylic acids is 3. The summed E-state index contributed by atoms with van der Waals surface area (Å²) in [5.74, 6) is -1.13. The third-order valence-corrected chi connectivity index (χ3v) is 6.01. The molecule has 0 unspecified atom stereocenters. The number of hydrogen-bond donors (Lipinski definition) is 1. The van der Waals surface area contributed by atoms with Gasteiger partial charge in [0.15, 0.2) is 10.9 Å². The molecule has 8 nitrogen and oxygen atoms in total. The van der Waals surface area contributed by atoms with Gasteiger partial charge >= 0.3 is 0 Å². The van der Waals surface area contributed by atoms with Gasteiger partial charge in [-0.05, 0) is 36.5 Å². The fourth-order valence-electron chi connectivity index (χ4n) is 3.32. The molecule has 0 atom stereocenters. The first kappa shape index (κ1) is 21.4. The van der Waals surface area contributed by atoms with Gasteiger partial charge in [0.05, 0.1) is 22.0 Å². The molecule has 3 amide bonds. The van der Waals surface area contributed by atoms with Crippen LogP contribution in [0.5, 0.6) is 0 Å². The van der Waals surface area contributed by atoms with E-state index < -0.39 is 11.8 Å². The molecule has 1 N–H and O–H groups in total. The van der Waals surface area contributed by atoms with Gasteiger partial charge in [-0.2, -0.15) is 0 Å². The summed E-state index contributed by atoms with van der Waals surface area (Å²) in [4.78, 5) is 42.6. The Bertz CT molecular complexity index is 1090. The molecule has 0 aliphatic carbocycles. The van der Waals surface area contributed by atoms with Gasteiger partial charge in [-0.25, -0.2) is 0 Å². The number of amides is 3. The number of piperazine rings is 1. The number of halogens is 2. The standard InChI is InChI=1S/C20H16Cl2N4O4S/c21-13-3-1-4-14(16(13)22)26-18(28)12(17(27)23-20(26)31)11-24-6-8-25(9-7-24)19(29)15-5-2-10-30-15/h1-5,10-11H,6-9H2,(H,23,27,31)/b12-11-. The SMILES string of the molecule is O=C1NC(=S)N(c2cccc(Cl)c2Cl)C(=O)/C1=C\N1CCN(C(=O)c2ccco2)CC1. The lowest BCUT2D eigenvalue weighted by atomic mass is 10.1. The molecule has 1 aromatic carbocycles. The van der Waals surface area contributed by atoms with Crippen LogP contribution in [0.25, 0.3) is 0 Å². The lowest BCUT2D eigenvalue weighted by Gasteiger charge is -2.35. The molecule has 4 rings (SSSR count). The monoisotopic (exact) mass is 478 g/mol. The van der Waals surface area contributed by atoms with E-state index in [9.17, 15) is 14.4 Å². The van der Waals surface area contributed by atoms with Gasteiger partial charge in [0, 0.05) is 32.4 Å². The number of furan rings is 1. The molecule has 3 heterocycles. The number of benzene rings is 1. The Labute approximate surface area is 193 Å². The van der Waals surface area contributed by atoms with E-state index in [1.807, 2.05) is 4.90 Å². The number of carbonyl (C=O) groups is 3. The summed E-state index contributed by atoms with van der Waals surface area (Å²) in [6.07, 6.45) is 2.93. The predicted molar refractivity (Wildman–Crippen MR) is 119 cm³/mol. The highest BCUT2D eigenvalue weighted by Gasteiger charge is 2.36. The second-order valence-electron chi connectivity index (χ2n) is 6.82. The molecule has 2 fully saturated rings. The van der Waals surface area contributed by atoms with Crippen LogP contribution in [0.1, 0.15) is 10.6 Å². The lowest BCUT2D eigenvalue weighted by Crippen LogP contribution is -2.55. The van der Waals surface area contributed by atoms with E-state index in [4.69, 9.17) is 39.8 Å². The molecule has 2 aliphatic heterocycles. The summed E-state index contributed by atoms with van der Waals surface area (Å²) in [6, 6.07) is 8.08. The van der Waals surface area contributed by atoms with Crippen LogP contribution >= 0.6 is 35.4 Å². The first-order valence-corrected chi connectivity index (χ1v) is 10.5. The Morgan fingerprint density at radius 3 is 2.52 bits per heavy atom. The van der Waals surface area contributed by atoms with Crippen molar-refractivity contribution in [2.75, 3.05) is 31.1 Å². The van der Waals surface area contributed by atoms with Crippen LogP contribution in [-0.2, 0) is 9.59 Å². The van der Waals surface area contributed by atoms with E-state index in [0.29, 0.717) is 26.2 Å². The third kappa shape index (κ3) is 4.16. The van der Waals surface area contributed by atoms with Gasteiger partial charge in [0.1, 0.15) is 5.57 Å². The molecule has 31 heavy (non-hydrogen) atoms. The Balaban J connectivity index is 1.51. The molecule has 0 saturated carbocycles. The number of nitrogens with zero attached hydrogens (tertiary/aromatic N) is 3. The van der Waals surface area contributed by atoms with Crippen molar-refractivity contribution in [2.24, 2.45) is 0 Å². The number of rotatable bonds is 3. The fraction of sp³-hybridized carbons (Fsp3) is 0.200. The van der Waals surface area contributed by atoms with Gasteiger partial charge in [0.25, 0.3) is 17.7 Å². The predicted octanol–water partition coefficient (Wildman–Crippen LogP) is 2.68. The Morgan fingerprint density at radius 2 is 1.84 bits per heavy atom. The zero-order valence-corrected chi connectivity index (χ0v) is 18.3. The first-order chi connectivity index (χ1) is 14.9. The summed E-state index contributed by atoms with van der Waals surface area (Å²) in [5, 5.41) is 2.85. The Hall–Kier alpha value is -2.88. The molecule has 2 aliphatic rings. The van der Waals surface area contributed by atoms with Crippen molar-refractivity contribution in [3.8, 4) is 0 Å². The van der Waals surface area contributed by atoms with E-state index in [2.05, 4.69) is 5.32 Å². The van der Waals surface area contributed by atoms with Gasteiger partial charge in [-0.1, -0.05) is 29.3 Å². The summed E-state index contributed by atoms with van der Waals surface area (Å²) < 4.78 is 5.15. The quantitative estimate of drug-likeness (QED) is 0.414. The molecule has 2 saturated heterocycles. The van der Waals surface area contributed by atoms with Crippen molar-refractivity contribution < 1.29 is 18.8 Å². The smallest absolute Gasteiger partial charge is 0.289 e. The summed E-state index contributed by atoms with van der Waals surface area (Å²) in [5.41, 5.74) is 0.194. The maximum Gasteiger partial charge on any atom is 0.289 e. The van der Waals surface area contributed by atoms with Gasteiger partial charge < -0.3 is 14.2 Å². The molecule has 11 heteroatoms. The van der Waals surface area contributed by atoms with Crippen LogP contribution in [0.15, 0.2) is 52.8 Å². The van der Waals surface area contributed by atoms with Crippen LogP contribution in [0.4, 0.5) is 5.69 Å². The number of nitrogens with one attached hydrogen (secondary N) is 1. The van der Waals surface area contributed by atoms with Crippen molar-refractivity contribution in [2.45, 2.75) is 0 Å². The number of hydrogen-bond acceptors (Lipinski definition) is 6. The normalized spacial score (nSPS) is 18.6. The maximum absolute atomic E-state index is 13.1. The molecule has 160 valence electrons. The largest absolute Gasteiger partial charge is 0.459 e. The van der Waals surface area contributed by atoms with Crippen molar-refractivity contribution in [3.63, 3.8) is 0 Å². The highest BCUT2D eigenvalue weighted by atomic mass is 35.5. The average Bonchev–Trinajstić information content (AvgIpc) is 3.29. The first-order valence-electron chi connectivity index (χ1n) is 9.29. The van der Waals surface area contributed by atoms with Crippen molar-refractivity contribution in [3.05, 3.63) is 64.2 Å². The molecular formula is C20H16Cl2N4O4S. The molecule has 1 aromatic heterocycles. The summed E-state index contributed by atoms with van der Waals surface area (Å²) >= 11 is 17.5. The summed E-state index contributed by atoms with van der Waals surface area (Å²) in [7, 11) is 0. The van der Waals surface area contributed by atoms with Crippen LogP contribution in [0, 0.1) is 0 Å². The topological polar surface area (TPSA) is 86.1 Å². The number of thiocarbonyl (C=S) groups is 1. The van der Waals surface area contributed by atoms with E-state index in [1.54, 1.807) is 35.2 Å². The maximum atomic E-state index is 13.1. The lowest BCUT2D eigenvalue weighted by molar-refractivity contribution is -0.122. The minimum absolute atomic E-state index is 0.0785. The Morgan fingerprint density at radius 1 is 1.10 bits per heavy atom. The van der Waals surface area contributed by atoms with Crippen LogP contribution in [0.3, 0.4) is 0 Å². The third-order valence-electron chi connectivity index (χ3n) is 4.92. The van der Waals surface area contributed by atoms with E-state index in [-0.39, 0.29) is 38.1 Å². The van der Waals surface area contributed by atoms with Gasteiger partial charge in [-0.3, -0.25) is 24.6 Å². The minimum atomic E-state index is -0.605. The highest BCUT2D eigenvalue weighted by Crippen LogP contribution is 2.34.